The van der Waals surface area contributed by atoms with Gasteiger partial charge in [-0.1, -0.05) is 36.4 Å². The second kappa shape index (κ2) is 7.17. The minimum Gasteiger partial charge on any atom is -0.481 e. The molecule has 5 heteroatoms. The predicted octanol–water partition coefficient (Wildman–Crippen LogP) is 3.94. The molecular formula is C19H19NO4. The van der Waals surface area contributed by atoms with Crippen LogP contribution in [0.3, 0.4) is 0 Å². The van der Waals surface area contributed by atoms with Crippen LogP contribution < -0.4 is 5.32 Å². The molecule has 0 spiro atoms. The molecule has 0 aliphatic heterocycles. The number of nitrogens with one attached hydrogen (secondary N) is 1. The Balaban J connectivity index is 1.63. The van der Waals surface area contributed by atoms with Crippen molar-refractivity contribution in [1.29, 1.82) is 0 Å². The number of aliphatic carboxylic acids is 1. The van der Waals surface area contributed by atoms with Crippen LogP contribution in [0.25, 0.3) is 0 Å². The molecular weight excluding hydrogens is 306 g/mol. The van der Waals surface area contributed by atoms with Crippen LogP contribution in [0.1, 0.15) is 35.4 Å². The van der Waals surface area contributed by atoms with E-state index in [2.05, 4.69) is 5.32 Å². The number of carbonyl (C=O) groups is 2. The Bertz CT molecular complexity index is 742. The predicted molar refractivity (Wildman–Crippen MR) is 90.0 cm³/mol. The first kappa shape index (κ1) is 16.1. The molecule has 0 saturated heterocycles. The maximum Gasteiger partial charge on any atom is 0.411 e. The van der Waals surface area contributed by atoms with E-state index in [0.29, 0.717) is 12.1 Å². The summed E-state index contributed by atoms with van der Waals surface area (Å²) < 4.78 is 5.19. The van der Waals surface area contributed by atoms with E-state index in [1.165, 1.54) is 0 Å². The Morgan fingerprint density at radius 1 is 1.17 bits per heavy atom. The number of benzene rings is 2. The molecule has 1 unspecified atom stereocenters. The van der Waals surface area contributed by atoms with Crippen LogP contribution in [0, 0.1) is 0 Å². The molecule has 2 aromatic rings. The molecule has 2 N–H and O–H groups in total. The van der Waals surface area contributed by atoms with Gasteiger partial charge in [0, 0.05) is 5.69 Å². The maximum absolute atomic E-state index is 11.9. The Morgan fingerprint density at radius 2 is 1.96 bits per heavy atom. The van der Waals surface area contributed by atoms with Crippen molar-refractivity contribution < 1.29 is 19.4 Å². The Morgan fingerprint density at radius 3 is 2.71 bits per heavy atom. The van der Waals surface area contributed by atoms with E-state index >= 15 is 0 Å². The molecule has 0 aromatic heterocycles. The summed E-state index contributed by atoms with van der Waals surface area (Å²) in [5.74, 6) is -1.24. The molecule has 0 saturated carbocycles. The van der Waals surface area contributed by atoms with Gasteiger partial charge in [-0.15, -0.1) is 0 Å². The first-order chi connectivity index (χ1) is 11.6. The van der Waals surface area contributed by atoms with Gasteiger partial charge in [-0.3, -0.25) is 10.1 Å². The van der Waals surface area contributed by atoms with Gasteiger partial charge < -0.3 is 9.84 Å². The minimum atomic E-state index is -0.793. The Kier molecular flexibility index (Phi) is 4.79. The lowest BCUT2D eigenvalue weighted by Gasteiger charge is -2.23. The molecule has 3 rings (SSSR count). The zero-order valence-corrected chi connectivity index (χ0v) is 13.2. The molecule has 2 aromatic carbocycles. The van der Waals surface area contributed by atoms with E-state index in [4.69, 9.17) is 4.74 Å². The number of hydrogen-bond acceptors (Lipinski definition) is 3. The van der Waals surface area contributed by atoms with E-state index in [1.807, 2.05) is 36.4 Å². The van der Waals surface area contributed by atoms with Crippen molar-refractivity contribution in [3.63, 3.8) is 0 Å². The number of fused-ring (bicyclic) bond motifs is 1. The maximum atomic E-state index is 11.9. The minimum absolute atomic E-state index is 0.207. The van der Waals surface area contributed by atoms with Gasteiger partial charge >= 0.3 is 12.1 Å². The fourth-order valence-corrected chi connectivity index (χ4v) is 3.03. The molecule has 0 heterocycles. The van der Waals surface area contributed by atoms with Crippen LogP contribution in [0.4, 0.5) is 10.5 Å². The van der Waals surface area contributed by atoms with E-state index in [9.17, 15) is 14.7 Å². The second-order valence-electron chi connectivity index (χ2n) is 5.88. The van der Waals surface area contributed by atoms with E-state index in [-0.39, 0.29) is 6.61 Å². The summed E-state index contributed by atoms with van der Waals surface area (Å²) in [5.41, 5.74) is 3.37. The van der Waals surface area contributed by atoms with E-state index < -0.39 is 18.0 Å². The van der Waals surface area contributed by atoms with Crippen LogP contribution in [0.2, 0.25) is 0 Å². The summed E-state index contributed by atoms with van der Waals surface area (Å²) >= 11 is 0. The Hall–Kier alpha value is -2.82. The molecule has 0 fully saturated rings. The van der Waals surface area contributed by atoms with Crippen molar-refractivity contribution in [2.24, 2.45) is 0 Å². The molecule has 1 amide bonds. The van der Waals surface area contributed by atoms with Gasteiger partial charge in [-0.2, -0.15) is 0 Å². The summed E-state index contributed by atoms with van der Waals surface area (Å²) in [6.07, 6.45) is 1.80. The molecule has 1 atom stereocenters. The van der Waals surface area contributed by atoms with Crippen molar-refractivity contribution in [3.8, 4) is 0 Å². The highest BCUT2D eigenvalue weighted by molar-refractivity contribution is 5.85. The summed E-state index contributed by atoms with van der Waals surface area (Å²) in [5, 5.41) is 12.0. The summed E-state index contributed by atoms with van der Waals surface area (Å²) in [7, 11) is 0. The third kappa shape index (κ3) is 3.74. The van der Waals surface area contributed by atoms with Crippen LogP contribution in [0.15, 0.2) is 48.5 Å². The number of hydrogen-bond donors (Lipinski definition) is 2. The van der Waals surface area contributed by atoms with Gasteiger partial charge in [0.15, 0.2) is 0 Å². The van der Waals surface area contributed by atoms with Gasteiger partial charge in [0.25, 0.3) is 0 Å². The van der Waals surface area contributed by atoms with Crippen LogP contribution >= 0.6 is 0 Å². The van der Waals surface area contributed by atoms with Crippen molar-refractivity contribution in [2.75, 3.05) is 5.32 Å². The van der Waals surface area contributed by atoms with Crippen molar-refractivity contribution in [1.82, 2.24) is 0 Å². The van der Waals surface area contributed by atoms with Gasteiger partial charge in [-0.05, 0) is 48.1 Å². The van der Waals surface area contributed by atoms with Gasteiger partial charge in [0.2, 0.25) is 0 Å². The smallest absolute Gasteiger partial charge is 0.411 e. The summed E-state index contributed by atoms with van der Waals surface area (Å²) in [6, 6.07) is 14.8. The standard InChI is InChI=1S/C19H19NO4/c21-18(22)17-8-4-7-14-11-15(9-10-16(14)17)20-19(23)24-12-13-5-2-1-3-6-13/h1-3,5-6,9-11,17H,4,7-8,12H2,(H,20,23)(H,21,22). The fourth-order valence-electron chi connectivity index (χ4n) is 3.03. The van der Waals surface area contributed by atoms with Crippen molar-refractivity contribution in [2.45, 2.75) is 31.8 Å². The van der Waals surface area contributed by atoms with E-state index in [0.717, 1.165) is 29.5 Å². The largest absolute Gasteiger partial charge is 0.481 e. The van der Waals surface area contributed by atoms with Crippen LogP contribution in [0.5, 0.6) is 0 Å². The number of ether oxygens (including phenoxy) is 1. The molecule has 5 nitrogen and oxygen atoms in total. The highest BCUT2D eigenvalue weighted by Gasteiger charge is 2.26. The number of aryl methyl sites for hydroxylation is 1. The van der Waals surface area contributed by atoms with Crippen molar-refractivity contribution in [3.05, 3.63) is 65.2 Å². The second-order valence-corrected chi connectivity index (χ2v) is 5.88. The molecule has 0 bridgehead atoms. The van der Waals surface area contributed by atoms with Gasteiger partial charge in [-0.25, -0.2) is 4.79 Å². The molecule has 1 aliphatic rings. The zero-order chi connectivity index (χ0) is 16.9. The van der Waals surface area contributed by atoms with Gasteiger partial charge in [0.05, 0.1) is 5.92 Å². The third-order valence-corrected chi connectivity index (χ3v) is 4.21. The SMILES string of the molecule is O=C(Nc1ccc2c(c1)CCCC2C(=O)O)OCc1ccccc1. The van der Waals surface area contributed by atoms with E-state index in [1.54, 1.807) is 12.1 Å². The van der Waals surface area contributed by atoms with Gasteiger partial charge in [0.1, 0.15) is 6.61 Å². The zero-order valence-electron chi connectivity index (χ0n) is 13.2. The summed E-state index contributed by atoms with van der Waals surface area (Å²) in [6.45, 7) is 0.207. The number of rotatable bonds is 4. The summed E-state index contributed by atoms with van der Waals surface area (Å²) in [4.78, 5) is 23.2. The molecule has 24 heavy (non-hydrogen) atoms. The fraction of sp³-hybridized carbons (Fsp3) is 0.263. The quantitative estimate of drug-likeness (QED) is 0.893. The lowest BCUT2D eigenvalue weighted by Crippen LogP contribution is -2.19. The number of carbonyl (C=O) groups excluding carboxylic acids is 1. The van der Waals surface area contributed by atoms with Crippen molar-refractivity contribution >= 4 is 17.7 Å². The number of anilines is 1. The number of amides is 1. The number of carboxylic acid groups (broad SMARTS) is 1. The first-order valence-corrected chi connectivity index (χ1v) is 7.97. The monoisotopic (exact) mass is 325 g/mol. The average molecular weight is 325 g/mol. The van der Waals surface area contributed by atoms with Crippen LogP contribution in [-0.2, 0) is 22.6 Å². The molecule has 0 radical (unpaired) electrons. The molecule has 124 valence electrons. The normalized spacial score (nSPS) is 16.1. The lowest BCUT2D eigenvalue weighted by molar-refractivity contribution is -0.139. The number of carboxylic acids is 1. The highest BCUT2D eigenvalue weighted by atomic mass is 16.5. The Labute approximate surface area is 140 Å². The molecule has 1 aliphatic carbocycles. The first-order valence-electron chi connectivity index (χ1n) is 7.97. The van der Waals surface area contributed by atoms with Crippen LogP contribution in [-0.4, -0.2) is 17.2 Å². The third-order valence-electron chi connectivity index (χ3n) is 4.21. The topological polar surface area (TPSA) is 75.6 Å². The lowest BCUT2D eigenvalue weighted by atomic mass is 9.82. The highest BCUT2D eigenvalue weighted by Crippen LogP contribution is 2.33. The average Bonchev–Trinajstić information content (AvgIpc) is 2.60.